The van der Waals surface area contributed by atoms with Gasteiger partial charge in [0.25, 0.3) is 0 Å². The van der Waals surface area contributed by atoms with Gasteiger partial charge in [-0.25, -0.2) is 9.97 Å². The highest BCUT2D eigenvalue weighted by Crippen LogP contribution is 2.30. The third kappa shape index (κ3) is 3.44. The van der Waals surface area contributed by atoms with Gasteiger partial charge in [0, 0.05) is 22.3 Å². The molecule has 0 bridgehead atoms. The normalized spacial score (nSPS) is 11.0. The standard InChI is InChI=1S/C26H20N2O2/c1-17-8-9-22(14-18(17)2)24-16-28-26(30-24)21-12-10-20(11-13-21)25-27-15-23(29-25)19-6-4-3-5-7-19/h3-16H,1-2H3. The molecule has 4 nitrogen and oxygen atoms in total. The Morgan fingerprint density at radius 3 is 1.63 bits per heavy atom. The van der Waals surface area contributed by atoms with Gasteiger partial charge in [0.15, 0.2) is 11.5 Å². The van der Waals surface area contributed by atoms with Crippen LogP contribution < -0.4 is 0 Å². The largest absolute Gasteiger partial charge is 0.436 e. The molecule has 2 heterocycles. The molecule has 0 saturated carbocycles. The highest BCUT2D eigenvalue weighted by molar-refractivity contribution is 5.66. The van der Waals surface area contributed by atoms with Crippen molar-refractivity contribution in [1.29, 1.82) is 0 Å². The summed E-state index contributed by atoms with van der Waals surface area (Å²) >= 11 is 0. The van der Waals surface area contributed by atoms with Crippen LogP contribution in [-0.2, 0) is 0 Å². The van der Waals surface area contributed by atoms with Crippen molar-refractivity contribution in [2.45, 2.75) is 13.8 Å². The Morgan fingerprint density at radius 2 is 1.07 bits per heavy atom. The molecule has 146 valence electrons. The molecule has 0 aliphatic carbocycles. The third-order valence-corrected chi connectivity index (χ3v) is 5.24. The molecule has 0 aliphatic rings. The lowest BCUT2D eigenvalue weighted by atomic mass is 10.1. The minimum atomic E-state index is 0.587. The average molecular weight is 392 g/mol. The zero-order valence-electron chi connectivity index (χ0n) is 16.8. The quantitative estimate of drug-likeness (QED) is 0.332. The van der Waals surface area contributed by atoms with Crippen LogP contribution in [0.5, 0.6) is 0 Å². The Balaban J connectivity index is 1.39. The first-order chi connectivity index (χ1) is 14.7. The predicted octanol–water partition coefficient (Wildman–Crippen LogP) is 6.95. The van der Waals surface area contributed by atoms with E-state index in [9.17, 15) is 0 Å². The number of hydrogen-bond donors (Lipinski definition) is 0. The minimum absolute atomic E-state index is 0.587. The van der Waals surface area contributed by atoms with Gasteiger partial charge in [-0.15, -0.1) is 0 Å². The van der Waals surface area contributed by atoms with Gasteiger partial charge in [-0.1, -0.05) is 42.5 Å². The number of benzene rings is 3. The van der Waals surface area contributed by atoms with Crippen LogP contribution >= 0.6 is 0 Å². The molecule has 0 atom stereocenters. The van der Waals surface area contributed by atoms with E-state index in [0.29, 0.717) is 11.8 Å². The fourth-order valence-electron chi connectivity index (χ4n) is 3.33. The Morgan fingerprint density at radius 1 is 0.533 bits per heavy atom. The molecule has 0 amide bonds. The molecule has 0 aliphatic heterocycles. The molecular weight excluding hydrogens is 372 g/mol. The second-order valence-electron chi connectivity index (χ2n) is 7.30. The molecule has 0 spiro atoms. The maximum Gasteiger partial charge on any atom is 0.226 e. The van der Waals surface area contributed by atoms with Crippen LogP contribution in [0.1, 0.15) is 11.1 Å². The Bertz CT molecular complexity index is 1300. The van der Waals surface area contributed by atoms with Crippen molar-refractivity contribution in [2.24, 2.45) is 0 Å². The minimum Gasteiger partial charge on any atom is -0.436 e. The smallest absolute Gasteiger partial charge is 0.226 e. The summed E-state index contributed by atoms with van der Waals surface area (Å²) in [6, 6.07) is 24.1. The van der Waals surface area contributed by atoms with E-state index in [2.05, 4.69) is 42.0 Å². The number of aromatic nitrogens is 2. The second-order valence-corrected chi connectivity index (χ2v) is 7.30. The monoisotopic (exact) mass is 392 g/mol. The molecule has 0 saturated heterocycles. The summed E-state index contributed by atoms with van der Waals surface area (Å²) in [4.78, 5) is 8.87. The summed E-state index contributed by atoms with van der Waals surface area (Å²) < 4.78 is 11.9. The van der Waals surface area contributed by atoms with Crippen molar-refractivity contribution in [3.63, 3.8) is 0 Å². The molecule has 0 N–H and O–H groups in total. The topological polar surface area (TPSA) is 52.1 Å². The van der Waals surface area contributed by atoms with Gasteiger partial charge < -0.3 is 8.83 Å². The van der Waals surface area contributed by atoms with Gasteiger partial charge in [-0.05, 0) is 55.3 Å². The van der Waals surface area contributed by atoms with Crippen molar-refractivity contribution in [2.75, 3.05) is 0 Å². The molecule has 0 fully saturated rings. The lowest BCUT2D eigenvalue weighted by molar-refractivity contribution is 0.587. The van der Waals surface area contributed by atoms with Crippen molar-refractivity contribution >= 4 is 0 Å². The van der Waals surface area contributed by atoms with Gasteiger partial charge in [0.2, 0.25) is 11.8 Å². The fourth-order valence-corrected chi connectivity index (χ4v) is 3.33. The van der Waals surface area contributed by atoms with Crippen LogP contribution in [0.2, 0.25) is 0 Å². The first-order valence-electron chi connectivity index (χ1n) is 9.83. The lowest BCUT2D eigenvalue weighted by Gasteiger charge is -2.02. The van der Waals surface area contributed by atoms with E-state index in [4.69, 9.17) is 8.83 Å². The molecule has 5 rings (SSSR count). The number of aryl methyl sites for hydroxylation is 2. The van der Waals surface area contributed by atoms with E-state index in [1.807, 2.05) is 54.6 Å². The number of hydrogen-bond acceptors (Lipinski definition) is 4. The maximum absolute atomic E-state index is 6.01. The Kier molecular flexibility index (Phi) is 4.52. The van der Waals surface area contributed by atoms with Crippen molar-refractivity contribution in [3.8, 4) is 45.6 Å². The van der Waals surface area contributed by atoms with Crippen molar-refractivity contribution in [3.05, 3.63) is 96.3 Å². The van der Waals surface area contributed by atoms with Gasteiger partial charge in [0.05, 0.1) is 12.4 Å². The molecule has 2 aromatic heterocycles. The SMILES string of the molecule is Cc1ccc(-c2cnc(-c3ccc(-c4ncc(-c5ccccc5)o4)cc3)o2)cc1C. The maximum atomic E-state index is 6.01. The van der Waals surface area contributed by atoms with Crippen LogP contribution in [0, 0.1) is 13.8 Å². The van der Waals surface area contributed by atoms with Gasteiger partial charge in [-0.2, -0.15) is 0 Å². The van der Waals surface area contributed by atoms with Crippen LogP contribution in [0.4, 0.5) is 0 Å². The summed E-state index contributed by atoms with van der Waals surface area (Å²) in [6.45, 7) is 4.20. The van der Waals surface area contributed by atoms with E-state index in [-0.39, 0.29) is 0 Å². The van der Waals surface area contributed by atoms with Gasteiger partial charge in [-0.3, -0.25) is 0 Å². The number of rotatable bonds is 4. The highest BCUT2D eigenvalue weighted by Gasteiger charge is 2.12. The molecule has 0 unspecified atom stereocenters. The first-order valence-corrected chi connectivity index (χ1v) is 9.83. The van der Waals surface area contributed by atoms with E-state index in [1.165, 1.54) is 11.1 Å². The Hall–Kier alpha value is -3.92. The summed E-state index contributed by atoms with van der Waals surface area (Å²) in [6.07, 6.45) is 3.52. The summed E-state index contributed by atoms with van der Waals surface area (Å²) in [5.74, 6) is 2.69. The first kappa shape index (κ1) is 18.1. The highest BCUT2D eigenvalue weighted by atomic mass is 16.4. The van der Waals surface area contributed by atoms with Crippen LogP contribution in [-0.4, -0.2) is 9.97 Å². The van der Waals surface area contributed by atoms with E-state index >= 15 is 0 Å². The second kappa shape index (κ2) is 7.48. The van der Waals surface area contributed by atoms with Crippen LogP contribution in [0.25, 0.3) is 45.6 Å². The molecule has 4 heteroatoms. The zero-order valence-corrected chi connectivity index (χ0v) is 16.8. The predicted molar refractivity (Wildman–Crippen MR) is 118 cm³/mol. The molecule has 3 aromatic carbocycles. The summed E-state index contributed by atoms with van der Waals surface area (Å²) in [5.41, 5.74) is 6.34. The number of nitrogens with zero attached hydrogens (tertiary/aromatic N) is 2. The zero-order chi connectivity index (χ0) is 20.5. The lowest BCUT2D eigenvalue weighted by Crippen LogP contribution is -1.81. The van der Waals surface area contributed by atoms with Crippen LogP contribution in [0.15, 0.2) is 94.0 Å². The molecule has 0 radical (unpaired) electrons. The van der Waals surface area contributed by atoms with Gasteiger partial charge >= 0.3 is 0 Å². The van der Waals surface area contributed by atoms with Crippen molar-refractivity contribution in [1.82, 2.24) is 9.97 Å². The average Bonchev–Trinajstić information content (AvgIpc) is 3.47. The number of oxazole rings is 2. The third-order valence-electron chi connectivity index (χ3n) is 5.24. The molecule has 30 heavy (non-hydrogen) atoms. The van der Waals surface area contributed by atoms with E-state index in [0.717, 1.165) is 33.8 Å². The van der Waals surface area contributed by atoms with Crippen molar-refractivity contribution < 1.29 is 8.83 Å². The van der Waals surface area contributed by atoms with E-state index in [1.54, 1.807) is 12.4 Å². The Labute approximate surface area is 174 Å². The summed E-state index contributed by atoms with van der Waals surface area (Å²) in [7, 11) is 0. The molecular formula is C26H20N2O2. The fraction of sp³-hybridized carbons (Fsp3) is 0.0769. The summed E-state index contributed by atoms with van der Waals surface area (Å²) in [5, 5.41) is 0. The van der Waals surface area contributed by atoms with E-state index < -0.39 is 0 Å². The molecule has 5 aromatic rings. The van der Waals surface area contributed by atoms with Gasteiger partial charge in [0.1, 0.15) is 0 Å². The van der Waals surface area contributed by atoms with Crippen LogP contribution in [0.3, 0.4) is 0 Å².